The molecule has 4 rings (SSSR count). The van der Waals surface area contributed by atoms with Gasteiger partial charge in [-0.15, -0.1) is 0 Å². The molecule has 0 radical (unpaired) electrons. The van der Waals surface area contributed by atoms with Gasteiger partial charge in [0.05, 0.1) is 30.0 Å². The van der Waals surface area contributed by atoms with E-state index < -0.39 is 0 Å². The van der Waals surface area contributed by atoms with E-state index in [1.165, 1.54) is 7.11 Å². The molecule has 0 atom stereocenters. The number of carbonyl (C=O) groups is 1. The zero-order chi connectivity index (χ0) is 19.5. The van der Waals surface area contributed by atoms with Crippen molar-refractivity contribution in [1.29, 1.82) is 5.26 Å². The van der Waals surface area contributed by atoms with Crippen molar-refractivity contribution in [3.63, 3.8) is 0 Å². The molecule has 136 valence electrons. The Morgan fingerprint density at radius 1 is 1.04 bits per heavy atom. The summed E-state index contributed by atoms with van der Waals surface area (Å²) in [5, 5.41) is 10.3. The lowest BCUT2D eigenvalue weighted by molar-refractivity contribution is 0.0600. The Hall–Kier alpha value is -3.84. The van der Waals surface area contributed by atoms with Crippen LogP contribution in [-0.2, 0) is 11.2 Å². The summed E-state index contributed by atoms with van der Waals surface area (Å²) in [5.41, 5.74) is 6.33. The third-order valence-electron chi connectivity index (χ3n) is 4.83. The molecule has 28 heavy (non-hydrogen) atoms. The lowest BCUT2D eigenvalue weighted by Crippen LogP contribution is -2.02. The predicted molar refractivity (Wildman–Crippen MR) is 109 cm³/mol. The van der Waals surface area contributed by atoms with Gasteiger partial charge in [0.25, 0.3) is 0 Å². The lowest BCUT2D eigenvalue weighted by atomic mass is 9.97. The lowest BCUT2D eigenvalue weighted by Gasteiger charge is -2.07. The zero-order valence-corrected chi connectivity index (χ0v) is 15.4. The number of aromatic nitrogens is 1. The molecule has 0 fully saturated rings. The van der Waals surface area contributed by atoms with Gasteiger partial charge >= 0.3 is 5.97 Å². The summed E-state index contributed by atoms with van der Waals surface area (Å²) in [7, 11) is 1.38. The second-order valence-corrected chi connectivity index (χ2v) is 6.59. The Balaban J connectivity index is 1.85. The first-order chi connectivity index (χ1) is 13.7. The number of aromatic amines is 1. The van der Waals surface area contributed by atoms with Crippen molar-refractivity contribution < 1.29 is 9.53 Å². The normalized spacial score (nSPS) is 10.6. The van der Waals surface area contributed by atoms with Gasteiger partial charge in [0.1, 0.15) is 0 Å². The molecule has 4 heteroatoms. The number of nitriles is 1. The van der Waals surface area contributed by atoms with Crippen LogP contribution in [0.15, 0.2) is 72.8 Å². The highest BCUT2D eigenvalue weighted by atomic mass is 16.5. The van der Waals surface area contributed by atoms with Gasteiger partial charge in [0.15, 0.2) is 0 Å². The number of esters is 1. The topological polar surface area (TPSA) is 65.9 Å². The van der Waals surface area contributed by atoms with E-state index in [9.17, 15) is 10.1 Å². The average molecular weight is 366 g/mol. The highest BCUT2D eigenvalue weighted by molar-refractivity contribution is 5.92. The van der Waals surface area contributed by atoms with E-state index in [4.69, 9.17) is 4.74 Å². The summed E-state index contributed by atoms with van der Waals surface area (Å²) in [6.45, 7) is 0. The summed E-state index contributed by atoms with van der Waals surface area (Å²) in [6.07, 6.45) is 0.654. The van der Waals surface area contributed by atoms with E-state index in [1.54, 1.807) is 6.07 Å². The Morgan fingerprint density at radius 3 is 2.61 bits per heavy atom. The quantitative estimate of drug-likeness (QED) is 0.512. The largest absolute Gasteiger partial charge is 0.465 e. The standard InChI is InChI=1S/C24H18N2O2/c1-28-24(27)19-9-5-6-16(12-19)13-21-20-11-10-17(15-25)14-22(20)26-23(21)18-7-3-2-4-8-18/h2-12,14,26H,13H2,1H3. The number of hydrogen-bond acceptors (Lipinski definition) is 3. The van der Waals surface area contributed by atoms with Crippen LogP contribution in [0.4, 0.5) is 0 Å². The number of hydrogen-bond donors (Lipinski definition) is 1. The molecule has 0 aliphatic heterocycles. The molecule has 0 spiro atoms. The summed E-state index contributed by atoms with van der Waals surface area (Å²) >= 11 is 0. The van der Waals surface area contributed by atoms with Crippen LogP contribution in [0.3, 0.4) is 0 Å². The number of rotatable bonds is 4. The first-order valence-corrected chi connectivity index (χ1v) is 8.97. The fraction of sp³-hybridized carbons (Fsp3) is 0.0833. The van der Waals surface area contributed by atoms with Crippen molar-refractivity contribution in [2.75, 3.05) is 7.11 Å². The van der Waals surface area contributed by atoms with Crippen molar-refractivity contribution in [2.24, 2.45) is 0 Å². The van der Waals surface area contributed by atoms with Crippen LogP contribution < -0.4 is 0 Å². The third-order valence-corrected chi connectivity index (χ3v) is 4.83. The Kier molecular flexibility index (Phi) is 4.65. The smallest absolute Gasteiger partial charge is 0.337 e. The molecule has 0 aliphatic carbocycles. The maximum atomic E-state index is 11.9. The minimum atomic E-state index is -0.345. The number of H-pyrrole nitrogens is 1. The van der Waals surface area contributed by atoms with E-state index in [0.717, 1.165) is 33.3 Å². The van der Waals surface area contributed by atoms with Crippen molar-refractivity contribution in [3.05, 3.63) is 95.1 Å². The van der Waals surface area contributed by atoms with Gasteiger partial charge in [-0.25, -0.2) is 4.79 Å². The van der Waals surface area contributed by atoms with Crippen molar-refractivity contribution in [3.8, 4) is 17.3 Å². The molecule has 1 heterocycles. The number of nitrogens with zero attached hydrogens (tertiary/aromatic N) is 1. The number of ether oxygens (including phenoxy) is 1. The third kappa shape index (κ3) is 3.26. The van der Waals surface area contributed by atoms with Gasteiger partial charge in [0.2, 0.25) is 0 Å². The van der Waals surface area contributed by atoms with Crippen LogP contribution in [-0.4, -0.2) is 18.1 Å². The second-order valence-electron chi connectivity index (χ2n) is 6.59. The zero-order valence-electron chi connectivity index (χ0n) is 15.4. The molecule has 0 unspecified atom stereocenters. The van der Waals surface area contributed by atoms with Crippen LogP contribution >= 0.6 is 0 Å². The number of carbonyl (C=O) groups excluding carboxylic acids is 1. The van der Waals surface area contributed by atoms with E-state index >= 15 is 0 Å². The van der Waals surface area contributed by atoms with Gasteiger partial charge in [-0.3, -0.25) is 0 Å². The first kappa shape index (κ1) is 17.6. The number of fused-ring (bicyclic) bond motifs is 1. The van der Waals surface area contributed by atoms with E-state index in [2.05, 4.69) is 23.2 Å². The van der Waals surface area contributed by atoms with Gasteiger partial charge in [-0.05, 0) is 41.0 Å². The van der Waals surface area contributed by atoms with Crippen LogP contribution in [0, 0.1) is 11.3 Å². The molecule has 0 saturated carbocycles. The molecule has 3 aromatic carbocycles. The van der Waals surface area contributed by atoms with Crippen molar-refractivity contribution in [1.82, 2.24) is 4.98 Å². The average Bonchev–Trinajstić information content (AvgIpc) is 3.11. The van der Waals surface area contributed by atoms with Gasteiger partial charge in [0, 0.05) is 17.3 Å². The Bertz CT molecular complexity index is 1200. The number of nitrogens with one attached hydrogen (secondary N) is 1. The highest BCUT2D eigenvalue weighted by Gasteiger charge is 2.15. The van der Waals surface area contributed by atoms with Crippen LogP contribution in [0.1, 0.15) is 27.0 Å². The maximum Gasteiger partial charge on any atom is 0.337 e. The molecule has 4 nitrogen and oxygen atoms in total. The maximum absolute atomic E-state index is 11.9. The fourth-order valence-corrected chi connectivity index (χ4v) is 3.49. The van der Waals surface area contributed by atoms with E-state index in [1.807, 2.05) is 54.6 Å². The number of benzene rings is 3. The molecule has 0 aliphatic rings. The molecule has 0 bridgehead atoms. The summed E-state index contributed by atoms with van der Waals surface area (Å²) in [5.74, 6) is -0.345. The highest BCUT2D eigenvalue weighted by Crippen LogP contribution is 2.32. The molecule has 0 saturated heterocycles. The molecule has 4 aromatic rings. The molecular formula is C24H18N2O2. The molecular weight excluding hydrogens is 348 g/mol. The minimum absolute atomic E-state index is 0.345. The van der Waals surface area contributed by atoms with Gasteiger partial charge in [-0.2, -0.15) is 5.26 Å². The first-order valence-electron chi connectivity index (χ1n) is 8.97. The molecule has 0 amide bonds. The van der Waals surface area contributed by atoms with Gasteiger partial charge in [-0.1, -0.05) is 48.5 Å². The minimum Gasteiger partial charge on any atom is -0.465 e. The van der Waals surface area contributed by atoms with Crippen molar-refractivity contribution >= 4 is 16.9 Å². The Labute approximate surface area is 163 Å². The monoisotopic (exact) mass is 366 g/mol. The van der Waals surface area contributed by atoms with E-state index in [0.29, 0.717) is 17.5 Å². The fourth-order valence-electron chi connectivity index (χ4n) is 3.49. The van der Waals surface area contributed by atoms with Gasteiger partial charge < -0.3 is 9.72 Å². The molecule has 1 N–H and O–H groups in total. The number of methoxy groups -OCH3 is 1. The van der Waals surface area contributed by atoms with Crippen LogP contribution in [0.2, 0.25) is 0 Å². The Morgan fingerprint density at radius 2 is 1.86 bits per heavy atom. The second kappa shape index (κ2) is 7.42. The van der Waals surface area contributed by atoms with Crippen LogP contribution in [0.5, 0.6) is 0 Å². The SMILES string of the molecule is COC(=O)c1cccc(Cc2c(-c3ccccc3)[nH]c3cc(C#N)ccc23)c1. The van der Waals surface area contributed by atoms with Crippen molar-refractivity contribution in [2.45, 2.75) is 6.42 Å². The summed E-state index contributed by atoms with van der Waals surface area (Å²) in [4.78, 5) is 15.4. The van der Waals surface area contributed by atoms with E-state index in [-0.39, 0.29) is 5.97 Å². The predicted octanol–water partition coefficient (Wildman–Crippen LogP) is 5.08. The summed E-state index contributed by atoms with van der Waals surface area (Å²) in [6, 6.07) is 25.5. The van der Waals surface area contributed by atoms with Crippen LogP contribution in [0.25, 0.3) is 22.2 Å². The summed E-state index contributed by atoms with van der Waals surface area (Å²) < 4.78 is 4.84. The molecule has 1 aromatic heterocycles.